The second kappa shape index (κ2) is 4.61. The van der Waals surface area contributed by atoms with Crippen LogP contribution in [0.4, 0.5) is 0 Å². The van der Waals surface area contributed by atoms with Crippen molar-refractivity contribution in [1.29, 1.82) is 0 Å². The number of benzene rings is 1. The van der Waals surface area contributed by atoms with Crippen LogP contribution in [0.1, 0.15) is 5.56 Å². The highest BCUT2D eigenvalue weighted by molar-refractivity contribution is 5.27. The first-order valence-corrected chi connectivity index (χ1v) is 4.76. The molecule has 0 saturated heterocycles. The lowest BCUT2D eigenvalue weighted by Crippen LogP contribution is -2.04. The Labute approximate surface area is 92.8 Å². The molecule has 0 aliphatic rings. The minimum absolute atomic E-state index is 0.399. The van der Waals surface area contributed by atoms with Crippen molar-refractivity contribution in [3.05, 3.63) is 29.8 Å². The maximum Gasteiger partial charge on any atom is 0.335 e. The maximum absolute atomic E-state index is 5.08. The van der Waals surface area contributed by atoms with Crippen molar-refractivity contribution in [1.82, 2.24) is 20.2 Å². The summed E-state index contributed by atoms with van der Waals surface area (Å²) < 4.78 is 11.7. The van der Waals surface area contributed by atoms with Gasteiger partial charge in [-0.2, -0.15) is 4.68 Å². The van der Waals surface area contributed by atoms with Gasteiger partial charge in [-0.15, -0.1) is 0 Å². The number of methoxy groups -OCH3 is 2. The van der Waals surface area contributed by atoms with E-state index in [2.05, 4.69) is 15.5 Å². The maximum atomic E-state index is 5.08. The molecule has 0 aliphatic heterocycles. The zero-order valence-electron chi connectivity index (χ0n) is 9.12. The predicted molar refractivity (Wildman–Crippen MR) is 56.5 cm³/mol. The summed E-state index contributed by atoms with van der Waals surface area (Å²) in [6.45, 7) is 0.570. The van der Waals surface area contributed by atoms with Crippen LogP contribution in [0.25, 0.3) is 0 Å². The van der Waals surface area contributed by atoms with E-state index in [4.69, 9.17) is 9.47 Å². The molecule has 1 heterocycles. The minimum Gasteiger partial charge on any atom is -0.497 e. The zero-order chi connectivity index (χ0) is 11.4. The summed E-state index contributed by atoms with van der Waals surface area (Å²) in [5.41, 5.74) is 1.08. The second-order valence-electron chi connectivity index (χ2n) is 3.17. The summed E-state index contributed by atoms with van der Waals surface area (Å²) in [6.07, 6.45) is 0. The fraction of sp³-hybridized carbons (Fsp3) is 0.300. The van der Waals surface area contributed by atoms with E-state index in [1.807, 2.05) is 24.3 Å². The number of hydrogen-bond donors (Lipinski definition) is 0. The molecular formula is C10H12N4O2. The average molecular weight is 220 g/mol. The van der Waals surface area contributed by atoms with Crippen molar-refractivity contribution in [2.24, 2.45) is 0 Å². The quantitative estimate of drug-likeness (QED) is 0.760. The van der Waals surface area contributed by atoms with Crippen LogP contribution < -0.4 is 9.47 Å². The summed E-state index contributed by atoms with van der Waals surface area (Å²) >= 11 is 0. The number of aromatic nitrogens is 4. The molecule has 2 aromatic rings. The third kappa shape index (κ3) is 2.10. The largest absolute Gasteiger partial charge is 0.497 e. The van der Waals surface area contributed by atoms with E-state index in [0.29, 0.717) is 12.6 Å². The Balaban J connectivity index is 2.14. The number of ether oxygens (including phenoxy) is 2. The van der Waals surface area contributed by atoms with E-state index in [1.54, 1.807) is 11.8 Å². The van der Waals surface area contributed by atoms with Crippen molar-refractivity contribution in [2.75, 3.05) is 14.2 Å². The Bertz CT molecular complexity index is 452. The highest BCUT2D eigenvalue weighted by atomic mass is 16.5. The van der Waals surface area contributed by atoms with Crippen LogP contribution in [0, 0.1) is 0 Å². The fourth-order valence-electron chi connectivity index (χ4n) is 1.35. The Morgan fingerprint density at radius 2 is 1.88 bits per heavy atom. The number of nitrogens with zero attached hydrogens (tertiary/aromatic N) is 4. The third-order valence-electron chi connectivity index (χ3n) is 2.17. The van der Waals surface area contributed by atoms with Crippen LogP contribution in [0.2, 0.25) is 0 Å². The molecule has 84 valence electrons. The van der Waals surface area contributed by atoms with E-state index >= 15 is 0 Å². The third-order valence-corrected chi connectivity index (χ3v) is 2.17. The summed E-state index contributed by atoms with van der Waals surface area (Å²) in [5, 5.41) is 11.1. The van der Waals surface area contributed by atoms with E-state index in [0.717, 1.165) is 11.3 Å². The molecule has 0 spiro atoms. The highest BCUT2D eigenvalue weighted by Gasteiger charge is 2.05. The SMILES string of the molecule is COc1ccc(Cn2nnnc2OC)cc1. The standard InChI is InChI=1S/C10H12N4O2/c1-15-9-5-3-8(4-6-9)7-14-10(16-2)11-12-13-14/h3-6H,7H2,1-2H3. The Kier molecular flexibility index (Phi) is 3.00. The molecule has 2 rings (SSSR count). The topological polar surface area (TPSA) is 62.1 Å². The van der Waals surface area contributed by atoms with Gasteiger partial charge in [0.05, 0.1) is 20.8 Å². The van der Waals surface area contributed by atoms with E-state index in [9.17, 15) is 0 Å². The molecule has 6 heteroatoms. The Morgan fingerprint density at radius 1 is 1.12 bits per heavy atom. The van der Waals surface area contributed by atoms with Crippen molar-refractivity contribution < 1.29 is 9.47 Å². The van der Waals surface area contributed by atoms with Gasteiger partial charge in [-0.25, -0.2) is 0 Å². The lowest BCUT2D eigenvalue weighted by molar-refractivity contribution is 0.352. The first kappa shape index (κ1) is 10.4. The molecule has 16 heavy (non-hydrogen) atoms. The summed E-state index contributed by atoms with van der Waals surface area (Å²) in [6, 6.07) is 8.11. The molecular weight excluding hydrogens is 208 g/mol. The minimum atomic E-state index is 0.399. The predicted octanol–water partition coefficient (Wildman–Crippen LogP) is 0.739. The van der Waals surface area contributed by atoms with Crippen LogP contribution in [-0.4, -0.2) is 34.4 Å². The highest BCUT2D eigenvalue weighted by Crippen LogP contribution is 2.13. The molecule has 0 fully saturated rings. The van der Waals surface area contributed by atoms with Gasteiger partial charge in [-0.05, 0) is 28.1 Å². The van der Waals surface area contributed by atoms with E-state index in [-0.39, 0.29) is 0 Å². The van der Waals surface area contributed by atoms with Gasteiger partial charge in [0, 0.05) is 0 Å². The molecule has 0 amide bonds. The van der Waals surface area contributed by atoms with Crippen molar-refractivity contribution in [3.63, 3.8) is 0 Å². The van der Waals surface area contributed by atoms with Gasteiger partial charge in [0.1, 0.15) is 5.75 Å². The fourth-order valence-corrected chi connectivity index (χ4v) is 1.35. The van der Waals surface area contributed by atoms with Gasteiger partial charge in [0.25, 0.3) is 0 Å². The van der Waals surface area contributed by atoms with Crippen molar-refractivity contribution in [3.8, 4) is 11.8 Å². The molecule has 0 bridgehead atoms. The first-order valence-electron chi connectivity index (χ1n) is 4.76. The van der Waals surface area contributed by atoms with Gasteiger partial charge < -0.3 is 9.47 Å². The number of rotatable bonds is 4. The van der Waals surface area contributed by atoms with Crippen molar-refractivity contribution >= 4 is 0 Å². The lowest BCUT2D eigenvalue weighted by Gasteiger charge is -2.04. The van der Waals surface area contributed by atoms with Gasteiger partial charge in [0.15, 0.2) is 0 Å². The molecule has 0 atom stereocenters. The average Bonchev–Trinajstić information content (AvgIpc) is 2.77. The molecule has 1 aromatic carbocycles. The van der Waals surface area contributed by atoms with Gasteiger partial charge in [0.2, 0.25) is 0 Å². The molecule has 6 nitrogen and oxygen atoms in total. The molecule has 1 aromatic heterocycles. The van der Waals surface area contributed by atoms with Gasteiger partial charge >= 0.3 is 6.01 Å². The van der Waals surface area contributed by atoms with E-state index in [1.165, 1.54) is 7.11 Å². The van der Waals surface area contributed by atoms with Gasteiger partial charge in [-0.3, -0.25) is 0 Å². The molecule has 0 radical (unpaired) electrons. The van der Waals surface area contributed by atoms with Crippen LogP contribution in [0.15, 0.2) is 24.3 Å². The zero-order valence-corrected chi connectivity index (χ0v) is 9.12. The molecule has 0 aliphatic carbocycles. The van der Waals surface area contributed by atoms with Crippen LogP contribution in [0.3, 0.4) is 0 Å². The smallest absolute Gasteiger partial charge is 0.335 e. The second-order valence-corrected chi connectivity index (χ2v) is 3.17. The first-order chi connectivity index (χ1) is 7.83. The molecule has 0 saturated carbocycles. The molecule has 0 unspecified atom stereocenters. The monoisotopic (exact) mass is 220 g/mol. The van der Waals surface area contributed by atoms with Gasteiger partial charge in [-0.1, -0.05) is 17.2 Å². The normalized spacial score (nSPS) is 10.1. The summed E-state index contributed by atoms with van der Waals surface area (Å²) in [4.78, 5) is 0. The Hall–Kier alpha value is -2.11. The summed E-state index contributed by atoms with van der Waals surface area (Å²) in [7, 11) is 3.18. The lowest BCUT2D eigenvalue weighted by atomic mass is 10.2. The summed E-state index contributed by atoms with van der Waals surface area (Å²) in [5.74, 6) is 0.826. The van der Waals surface area contributed by atoms with E-state index < -0.39 is 0 Å². The number of hydrogen-bond acceptors (Lipinski definition) is 5. The van der Waals surface area contributed by atoms with Crippen LogP contribution in [-0.2, 0) is 6.54 Å². The number of tetrazole rings is 1. The molecule has 0 N–H and O–H groups in total. The van der Waals surface area contributed by atoms with Crippen molar-refractivity contribution in [2.45, 2.75) is 6.54 Å². The Morgan fingerprint density at radius 3 is 2.50 bits per heavy atom. The van der Waals surface area contributed by atoms with Crippen LogP contribution >= 0.6 is 0 Å². The van der Waals surface area contributed by atoms with Crippen LogP contribution in [0.5, 0.6) is 11.8 Å².